The quantitative estimate of drug-likeness (QED) is 0.720. The first-order valence-corrected chi connectivity index (χ1v) is 11.0. The average molecular weight is 410 g/mol. The van der Waals surface area contributed by atoms with Gasteiger partial charge in [-0.2, -0.15) is 0 Å². The highest BCUT2D eigenvalue weighted by molar-refractivity contribution is 5.77. The van der Waals surface area contributed by atoms with Gasteiger partial charge in [0.25, 0.3) is 0 Å². The van der Waals surface area contributed by atoms with Crippen LogP contribution in [0.15, 0.2) is 30.5 Å². The Hall–Kier alpha value is -2.83. The van der Waals surface area contributed by atoms with Gasteiger partial charge in [-0.05, 0) is 49.3 Å². The molecule has 0 saturated carbocycles. The molecular weight excluding hydrogens is 378 g/mol. The van der Waals surface area contributed by atoms with Crippen LogP contribution >= 0.6 is 0 Å². The van der Waals surface area contributed by atoms with Crippen molar-refractivity contribution in [1.29, 1.82) is 0 Å². The number of anilines is 1. The maximum absolute atomic E-state index is 13.0. The number of urea groups is 1. The van der Waals surface area contributed by atoms with Crippen LogP contribution < -0.4 is 10.1 Å². The van der Waals surface area contributed by atoms with Crippen molar-refractivity contribution in [1.82, 2.24) is 19.8 Å². The molecule has 2 aliphatic heterocycles. The topological polar surface area (TPSA) is 70.6 Å². The molecular formula is C23H31N5O2. The number of aryl methyl sites for hydroxylation is 2. The molecule has 7 heteroatoms. The van der Waals surface area contributed by atoms with Crippen LogP contribution in [0.4, 0.5) is 10.6 Å². The van der Waals surface area contributed by atoms with E-state index in [0.29, 0.717) is 5.88 Å². The molecule has 4 rings (SSSR count). The molecule has 0 spiro atoms. The number of fused-ring (bicyclic) bond motifs is 1. The number of nitrogens with zero attached hydrogens (tertiary/aromatic N) is 4. The lowest BCUT2D eigenvalue weighted by molar-refractivity contribution is 0.175. The van der Waals surface area contributed by atoms with Crippen LogP contribution in [0.25, 0.3) is 0 Å². The molecule has 1 N–H and O–H groups in total. The number of rotatable bonds is 8. The third-order valence-electron chi connectivity index (χ3n) is 6.06. The van der Waals surface area contributed by atoms with Crippen LogP contribution in [0.2, 0.25) is 0 Å². The van der Waals surface area contributed by atoms with E-state index in [0.717, 1.165) is 68.9 Å². The number of hydrogen-bond acceptors (Lipinski definition) is 5. The first-order chi connectivity index (χ1) is 14.7. The summed E-state index contributed by atoms with van der Waals surface area (Å²) in [6, 6.07) is 8.37. The summed E-state index contributed by atoms with van der Waals surface area (Å²) in [5.74, 6) is 1.63. The van der Waals surface area contributed by atoms with Crippen LogP contribution in [0.1, 0.15) is 49.0 Å². The van der Waals surface area contributed by atoms with Gasteiger partial charge < -0.3 is 19.9 Å². The number of amides is 2. The monoisotopic (exact) mass is 409 g/mol. The maximum Gasteiger partial charge on any atom is 0.320 e. The van der Waals surface area contributed by atoms with Crippen LogP contribution in [-0.4, -0.2) is 59.1 Å². The summed E-state index contributed by atoms with van der Waals surface area (Å²) in [5.41, 5.74) is 3.47. The summed E-state index contributed by atoms with van der Waals surface area (Å²) in [6.45, 7) is 5.41. The lowest BCUT2D eigenvalue weighted by atomic mass is 10.1. The Morgan fingerprint density at radius 1 is 1.23 bits per heavy atom. The second-order valence-electron chi connectivity index (χ2n) is 7.97. The van der Waals surface area contributed by atoms with Gasteiger partial charge in [-0.25, -0.2) is 14.8 Å². The van der Waals surface area contributed by atoms with E-state index in [-0.39, 0.29) is 12.1 Å². The van der Waals surface area contributed by atoms with Crippen molar-refractivity contribution in [3.05, 3.63) is 47.3 Å². The third-order valence-corrected chi connectivity index (χ3v) is 6.06. The highest BCUT2D eigenvalue weighted by atomic mass is 16.5. The normalized spacial score (nSPS) is 16.9. The summed E-state index contributed by atoms with van der Waals surface area (Å²) in [4.78, 5) is 26.0. The summed E-state index contributed by atoms with van der Waals surface area (Å²) < 4.78 is 5.15. The molecule has 0 radical (unpaired) electrons. The molecule has 1 atom stereocenters. The molecule has 2 aromatic heterocycles. The Kier molecular flexibility index (Phi) is 6.35. The van der Waals surface area contributed by atoms with Crippen LogP contribution in [-0.2, 0) is 12.8 Å². The Morgan fingerprint density at radius 3 is 2.90 bits per heavy atom. The Morgan fingerprint density at radius 2 is 2.13 bits per heavy atom. The van der Waals surface area contributed by atoms with Crippen molar-refractivity contribution in [2.45, 2.75) is 45.1 Å². The molecule has 160 valence electrons. The molecule has 1 saturated heterocycles. The maximum atomic E-state index is 13.0. The number of carbonyl (C=O) groups is 1. The molecule has 2 aromatic rings. The summed E-state index contributed by atoms with van der Waals surface area (Å²) in [7, 11) is 1.61. The molecule has 0 aliphatic carbocycles. The van der Waals surface area contributed by atoms with Crippen LogP contribution in [0.3, 0.4) is 0 Å². The van der Waals surface area contributed by atoms with Gasteiger partial charge in [0, 0.05) is 44.1 Å². The lowest BCUT2D eigenvalue weighted by Gasteiger charge is -2.27. The molecule has 4 heterocycles. The van der Waals surface area contributed by atoms with E-state index in [2.05, 4.69) is 29.4 Å². The highest BCUT2D eigenvalue weighted by Gasteiger charge is 2.33. The summed E-state index contributed by atoms with van der Waals surface area (Å²) >= 11 is 0. The number of carbonyl (C=O) groups excluding carboxylic acids is 1. The van der Waals surface area contributed by atoms with E-state index in [1.807, 2.05) is 28.1 Å². The minimum atomic E-state index is 0.0503. The predicted octanol–water partition coefficient (Wildman–Crippen LogP) is 3.66. The molecule has 0 bridgehead atoms. The minimum absolute atomic E-state index is 0.0503. The molecule has 30 heavy (non-hydrogen) atoms. The van der Waals surface area contributed by atoms with Gasteiger partial charge in [0.2, 0.25) is 5.88 Å². The lowest BCUT2D eigenvalue weighted by Crippen LogP contribution is -2.35. The largest absolute Gasteiger partial charge is 0.481 e. The van der Waals surface area contributed by atoms with E-state index in [4.69, 9.17) is 9.72 Å². The van der Waals surface area contributed by atoms with Crippen molar-refractivity contribution >= 4 is 11.8 Å². The van der Waals surface area contributed by atoms with E-state index in [9.17, 15) is 4.79 Å². The van der Waals surface area contributed by atoms with E-state index in [1.165, 1.54) is 12.0 Å². The van der Waals surface area contributed by atoms with Crippen molar-refractivity contribution < 1.29 is 9.53 Å². The number of pyridine rings is 2. The van der Waals surface area contributed by atoms with Gasteiger partial charge in [-0.15, -0.1) is 0 Å². The van der Waals surface area contributed by atoms with Gasteiger partial charge in [0.05, 0.1) is 13.2 Å². The number of aromatic nitrogens is 2. The number of ether oxygens (including phenoxy) is 1. The second kappa shape index (κ2) is 9.32. The molecule has 0 aromatic carbocycles. The zero-order valence-electron chi connectivity index (χ0n) is 17.9. The fourth-order valence-electron chi connectivity index (χ4n) is 4.40. The molecule has 1 fully saturated rings. The molecule has 7 nitrogen and oxygen atoms in total. The Bertz CT molecular complexity index is 870. The van der Waals surface area contributed by atoms with Gasteiger partial charge in [0.15, 0.2) is 0 Å². The van der Waals surface area contributed by atoms with E-state index < -0.39 is 0 Å². The summed E-state index contributed by atoms with van der Waals surface area (Å²) in [5, 5.41) is 3.39. The molecule has 1 unspecified atom stereocenters. The van der Waals surface area contributed by atoms with Crippen LogP contribution in [0, 0.1) is 0 Å². The van der Waals surface area contributed by atoms with E-state index in [1.54, 1.807) is 7.11 Å². The highest BCUT2D eigenvalue weighted by Crippen LogP contribution is 2.28. The number of methoxy groups -OCH3 is 1. The van der Waals surface area contributed by atoms with E-state index >= 15 is 0 Å². The number of nitrogens with one attached hydrogen (secondary N) is 1. The fraction of sp³-hybridized carbons (Fsp3) is 0.522. The van der Waals surface area contributed by atoms with Gasteiger partial charge in [-0.3, -0.25) is 0 Å². The van der Waals surface area contributed by atoms with Crippen molar-refractivity contribution in [3.63, 3.8) is 0 Å². The Labute approximate surface area is 178 Å². The van der Waals surface area contributed by atoms with Gasteiger partial charge in [-0.1, -0.05) is 19.1 Å². The third kappa shape index (κ3) is 4.35. The second-order valence-corrected chi connectivity index (χ2v) is 7.97. The summed E-state index contributed by atoms with van der Waals surface area (Å²) in [6.07, 6.45) is 6.77. The number of hydrogen-bond donors (Lipinski definition) is 1. The SMILES string of the molecule is CCC(c1ccc(OC)nc1)N1CCN(CCCc2ccc3c(n2)NCCC3)C1=O. The van der Waals surface area contributed by atoms with Crippen molar-refractivity contribution in [2.24, 2.45) is 0 Å². The zero-order chi connectivity index (χ0) is 20.9. The predicted molar refractivity (Wildman–Crippen MR) is 117 cm³/mol. The minimum Gasteiger partial charge on any atom is -0.481 e. The first-order valence-electron chi connectivity index (χ1n) is 11.0. The molecule has 2 amide bonds. The van der Waals surface area contributed by atoms with Crippen LogP contribution in [0.5, 0.6) is 5.88 Å². The standard InChI is InChI=1S/C23H31N5O2/c1-3-20(18-9-11-21(30-2)25-16-18)28-15-14-27(23(28)29)13-5-7-19-10-8-17-6-4-12-24-22(17)26-19/h8-11,16,20H,3-7,12-15H2,1-2H3,(H,24,26). The fourth-order valence-corrected chi connectivity index (χ4v) is 4.40. The zero-order valence-corrected chi connectivity index (χ0v) is 17.9. The molecule has 2 aliphatic rings. The van der Waals surface area contributed by atoms with Crippen molar-refractivity contribution in [3.8, 4) is 5.88 Å². The first kappa shape index (κ1) is 20.4. The average Bonchev–Trinajstić information content (AvgIpc) is 3.15. The van der Waals surface area contributed by atoms with Gasteiger partial charge in [0.1, 0.15) is 5.82 Å². The smallest absolute Gasteiger partial charge is 0.320 e. The van der Waals surface area contributed by atoms with Crippen molar-refractivity contribution in [2.75, 3.05) is 38.6 Å². The Balaban J connectivity index is 1.32. The van der Waals surface area contributed by atoms with Gasteiger partial charge >= 0.3 is 6.03 Å².